The van der Waals surface area contributed by atoms with Gasteiger partial charge in [0.25, 0.3) is 0 Å². The smallest absolute Gasteiger partial charge is 0.333 e. The van der Waals surface area contributed by atoms with Crippen molar-refractivity contribution >= 4 is 18.2 Å². The highest BCUT2D eigenvalue weighted by Gasteiger charge is 2.78. The lowest BCUT2D eigenvalue weighted by atomic mass is 9.40. The summed E-state index contributed by atoms with van der Waals surface area (Å²) < 4.78 is 31.5. The first-order valence-corrected chi connectivity index (χ1v) is 14.9. The predicted molar refractivity (Wildman–Crippen MR) is 149 cm³/mol. The first-order chi connectivity index (χ1) is 19.4. The minimum absolute atomic E-state index is 0.116. The molecule has 11 atom stereocenters. The maximum Gasteiger partial charge on any atom is 0.333 e. The molecule has 2 saturated heterocycles. The Morgan fingerprint density at radius 2 is 1.90 bits per heavy atom. The molecule has 6 rings (SSSR count). The number of furan rings is 1. The summed E-state index contributed by atoms with van der Waals surface area (Å²) in [4.78, 5) is 38.1. The molecule has 2 saturated carbocycles. The number of hydrogen-bond acceptors (Lipinski definition) is 8. The zero-order chi connectivity index (χ0) is 29.5. The van der Waals surface area contributed by atoms with Gasteiger partial charge >= 0.3 is 11.9 Å². The second-order valence-electron chi connectivity index (χ2n) is 13.6. The SMILES string of the molecule is C/C=C(\C)C(=O)O[C@H]1C[C@@H](OC(C)=O)[C@@]2(C)COC3C4O[C@H]5C(=C(C)C[C@@H]5c5ccoc5)[C@@]4(C)C(CC=O)[C@]1(C)C32. The van der Waals surface area contributed by atoms with Gasteiger partial charge in [0.2, 0.25) is 0 Å². The Kier molecular flexibility index (Phi) is 6.70. The molecule has 8 heteroatoms. The highest BCUT2D eigenvalue weighted by Crippen LogP contribution is 2.74. The van der Waals surface area contributed by atoms with Gasteiger partial charge in [0, 0.05) is 53.4 Å². The van der Waals surface area contributed by atoms with E-state index in [-0.39, 0.29) is 42.0 Å². The zero-order valence-electron chi connectivity index (χ0n) is 25.1. The molecule has 0 bridgehead atoms. The summed E-state index contributed by atoms with van der Waals surface area (Å²) >= 11 is 0. The standard InChI is InChI=1S/C33H42O8/c1-8-17(2)30(36)40-24-14-23(39-19(4)35)31(5)16-38-27-28(31)32(24,6)22(9-11-34)33(7)25-18(3)13-21(20-10-12-37-15-20)26(25)41-29(27)33/h8,10-12,15,21-24,26-29H,9,13-14,16H2,1-7H3/b17-8+/t21-,22?,23-,24+,26-,27?,28?,29?,31-,32+,33-/m1/s1. The van der Waals surface area contributed by atoms with Crippen LogP contribution in [-0.2, 0) is 33.3 Å². The molecule has 3 aliphatic carbocycles. The van der Waals surface area contributed by atoms with Crippen LogP contribution in [0, 0.1) is 28.1 Å². The number of ether oxygens (including phenoxy) is 4. The third-order valence-electron chi connectivity index (χ3n) is 11.6. The van der Waals surface area contributed by atoms with E-state index in [0.717, 1.165) is 18.3 Å². The molecular weight excluding hydrogens is 524 g/mol. The summed E-state index contributed by atoms with van der Waals surface area (Å²) in [5.74, 6) is -1.02. The molecule has 5 aliphatic rings. The van der Waals surface area contributed by atoms with Gasteiger partial charge in [-0.1, -0.05) is 32.4 Å². The van der Waals surface area contributed by atoms with Crippen molar-refractivity contribution in [3.8, 4) is 0 Å². The van der Waals surface area contributed by atoms with Crippen LogP contribution in [0.2, 0.25) is 0 Å². The van der Waals surface area contributed by atoms with E-state index < -0.39 is 34.4 Å². The van der Waals surface area contributed by atoms with Crippen LogP contribution in [0.3, 0.4) is 0 Å². The fraction of sp³-hybridized carbons (Fsp3) is 0.667. The molecule has 41 heavy (non-hydrogen) atoms. The summed E-state index contributed by atoms with van der Waals surface area (Å²) in [6, 6.07) is 2.00. The molecule has 0 amide bonds. The van der Waals surface area contributed by atoms with Gasteiger partial charge in [-0.25, -0.2) is 4.79 Å². The Balaban J connectivity index is 1.52. The Morgan fingerprint density at radius 3 is 2.54 bits per heavy atom. The second-order valence-corrected chi connectivity index (χ2v) is 13.6. The molecule has 0 aromatic carbocycles. The first-order valence-electron chi connectivity index (χ1n) is 14.9. The number of hydrogen-bond donors (Lipinski definition) is 0. The van der Waals surface area contributed by atoms with E-state index in [1.54, 1.807) is 25.5 Å². The van der Waals surface area contributed by atoms with Crippen LogP contribution >= 0.6 is 0 Å². The molecule has 0 spiro atoms. The molecule has 0 radical (unpaired) electrons. The molecule has 4 unspecified atom stereocenters. The minimum Gasteiger partial charge on any atom is -0.472 e. The summed E-state index contributed by atoms with van der Waals surface area (Å²) in [5.41, 5.74) is 2.42. The van der Waals surface area contributed by atoms with Crippen molar-refractivity contribution in [2.24, 2.45) is 28.1 Å². The van der Waals surface area contributed by atoms with Gasteiger partial charge in [-0.2, -0.15) is 0 Å². The van der Waals surface area contributed by atoms with E-state index in [2.05, 4.69) is 27.7 Å². The second kappa shape index (κ2) is 9.66. The predicted octanol–water partition coefficient (Wildman–Crippen LogP) is 5.32. The Morgan fingerprint density at radius 1 is 1.15 bits per heavy atom. The van der Waals surface area contributed by atoms with Crippen molar-refractivity contribution < 1.29 is 37.7 Å². The molecule has 1 aromatic heterocycles. The van der Waals surface area contributed by atoms with Crippen LogP contribution in [0.25, 0.3) is 0 Å². The molecule has 3 heterocycles. The van der Waals surface area contributed by atoms with Gasteiger partial charge in [-0.05, 0) is 50.3 Å². The zero-order valence-corrected chi connectivity index (χ0v) is 25.1. The Labute approximate surface area is 241 Å². The summed E-state index contributed by atoms with van der Waals surface area (Å²) in [5, 5.41) is 0. The number of carbonyl (C=O) groups excluding carboxylic acids is 3. The Hall–Kier alpha value is -2.71. The lowest BCUT2D eigenvalue weighted by Crippen LogP contribution is -2.70. The van der Waals surface area contributed by atoms with Crippen LogP contribution in [0.4, 0.5) is 0 Å². The van der Waals surface area contributed by atoms with E-state index >= 15 is 0 Å². The molecule has 4 fully saturated rings. The topological polar surface area (TPSA) is 101 Å². The summed E-state index contributed by atoms with van der Waals surface area (Å²) in [7, 11) is 0. The monoisotopic (exact) mass is 566 g/mol. The van der Waals surface area contributed by atoms with Gasteiger partial charge in [0.15, 0.2) is 0 Å². The van der Waals surface area contributed by atoms with Crippen molar-refractivity contribution in [1.29, 1.82) is 0 Å². The van der Waals surface area contributed by atoms with Gasteiger partial charge in [-0.3, -0.25) is 4.79 Å². The first kappa shape index (κ1) is 28.4. The molecule has 8 nitrogen and oxygen atoms in total. The van der Waals surface area contributed by atoms with Gasteiger partial charge in [-0.15, -0.1) is 0 Å². The van der Waals surface area contributed by atoms with Crippen molar-refractivity contribution in [3.05, 3.63) is 47.0 Å². The lowest BCUT2D eigenvalue weighted by molar-refractivity contribution is -0.250. The van der Waals surface area contributed by atoms with Gasteiger partial charge < -0.3 is 28.2 Å². The fourth-order valence-electron chi connectivity index (χ4n) is 9.91. The van der Waals surface area contributed by atoms with Crippen LogP contribution in [0.15, 0.2) is 45.8 Å². The number of allylic oxidation sites excluding steroid dienone is 2. The third kappa shape index (κ3) is 3.75. The normalized spacial score (nSPS) is 44.7. The fourth-order valence-corrected chi connectivity index (χ4v) is 9.91. The van der Waals surface area contributed by atoms with Crippen LogP contribution < -0.4 is 0 Å². The summed E-state index contributed by atoms with van der Waals surface area (Å²) in [6.07, 6.45) is 5.84. The van der Waals surface area contributed by atoms with Gasteiger partial charge in [0.1, 0.15) is 18.5 Å². The number of carbonyl (C=O) groups is 3. The Bertz CT molecular complexity index is 1310. The van der Waals surface area contributed by atoms with Crippen LogP contribution in [0.5, 0.6) is 0 Å². The highest BCUT2D eigenvalue weighted by molar-refractivity contribution is 5.87. The molecule has 1 aromatic rings. The lowest BCUT2D eigenvalue weighted by Gasteiger charge is -2.65. The highest BCUT2D eigenvalue weighted by atomic mass is 16.6. The van der Waals surface area contributed by atoms with E-state index in [1.165, 1.54) is 18.1 Å². The molecule has 222 valence electrons. The molecule has 2 aliphatic heterocycles. The van der Waals surface area contributed by atoms with Gasteiger partial charge in [0.05, 0.1) is 37.4 Å². The van der Waals surface area contributed by atoms with E-state index in [4.69, 9.17) is 23.4 Å². The maximum absolute atomic E-state index is 13.3. The average Bonchev–Trinajstić information content (AvgIpc) is 3.69. The molecule has 0 N–H and O–H groups in total. The molecular formula is C33H42O8. The van der Waals surface area contributed by atoms with Crippen molar-refractivity contribution in [2.45, 2.75) is 104 Å². The largest absolute Gasteiger partial charge is 0.472 e. The van der Waals surface area contributed by atoms with E-state index in [1.807, 2.05) is 13.0 Å². The maximum atomic E-state index is 13.3. The third-order valence-corrected chi connectivity index (χ3v) is 11.6. The quantitative estimate of drug-likeness (QED) is 0.197. The summed E-state index contributed by atoms with van der Waals surface area (Å²) in [6.45, 7) is 14.0. The van der Waals surface area contributed by atoms with Crippen LogP contribution in [0.1, 0.15) is 79.2 Å². The average molecular weight is 567 g/mol. The minimum atomic E-state index is -0.651. The number of rotatable bonds is 6. The van der Waals surface area contributed by atoms with Crippen molar-refractivity contribution in [1.82, 2.24) is 0 Å². The van der Waals surface area contributed by atoms with Crippen molar-refractivity contribution in [2.75, 3.05) is 6.61 Å². The van der Waals surface area contributed by atoms with E-state index in [9.17, 15) is 14.4 Å². The number of aldehydes is 1. The number of fused-ring (bicyclic) bond motifs is 4. The van der Waals surface area contributed by atoms with Crippen molar-refractivity contribution in [3.63, 3.8) is 0 Å². The number of esters is 2. The van der Waals surface area contributed by atoms with E-state index in [0.29, 0.717) is 25.0 Å². The van der Waals surface area contributed by atoms with Crippen LogP contribution in [-0.4, -0.2) is 55.4 Å².